The maximum absolute atomic E-state index is 13.0. The van der Waals surface area contributed by atoms with E-state index < -0.39 is 5.97 Å². The largest absolute Gasteiger partial charge is 0.497 e. The SMILES string of the molecule is COc1ccc(-c2oc3ccc4c(c3c2CC(=O)O)OC(=Cc2ccccc2)C4=O)cc1. The molecule has 0 atom stereocenters. The number of benzene rings is 3. The monoisotopic (exact) mass is 426 g/mol. The Hall–Kier alpha value is -4.32. The van der Waals surface area contributed by atoms with Gasteiger partial charge in [0, 0.05) is 11.1 Å². The summed E-state index contributed by atoms with van der Waals surface area (Å²) < 4.78 is 17.2. The van der Waals surface area contributed by atoms with Crippen LogP contribution in [0.4, 0.5) is 0 Å². The van der Waals surface area contributed by atoms with E-state index in [0.717, 1.165) is 5.56 Å². The summed E-state index contributed by atoms with van der Waals surface area (Å²) >= 11 is 0. The lowest BCUT2D eigenvalue weighted by atomic mass is 10.00. The molecule has 1 N–H and O–H groups in total. The zero-order valence-electron chi connectivity index (χ0n) is 17.1. The topological polar surface area (TPSA) is 86.0 Å². The smallest absolute Gasteiger partial charge is 0.307 e. The van der Waals surface area contributed by atoms with Gasteiger partial charge in [-0.25, -0.2) is 0 Å². The molecule has 158 valence electrons. The highest BCUT2D eigenvalue weighted by Gasteiger charge is 2.33. The molecule has 3 aromatic carbocycles. The van der Waals surface area contributed by atoms with Gasteiger partial charge in [0.15, 0.2) is 5.76 Å². The van der Waals surface area contributed by atoms with Crippen molar-refractivity contribution in [2.75, 3.05) is 7.11 Å². The Labute approximate surface area is 183 Å². The van der Waals surface area contributed by atoms with Crippen molar-refractivity contribution < 1.29 is 28.6 Å². The molecule has 6 heteroatoms. The van der Waals surface area contributed by atoms with Crippen LogP contribution in [0.5, 0.6) is 11.5 Å². The number of aliphatic carboxylic acids is 1. The van der Waals surface area contributed by atoms with Crippen LogP contribution >= 0.6 is 0 Å². The Balaban J connectivity index is 1.68. The number of carboxylic acids is 1. The molecule has 0 saturated carbocycles. The van der Waals surface area contributed by atoms with Crippen molar-refractivity contribution in [1.29, 1.82) is 0 Å². The van der Waals surface area contributed by atoms with Gasteiger partial charge in [0.2, 0.25) is 5.78 Å². The first-order valence-electron chi connectivity index (χ1n) is 9.99. The van der Waals surface area contributed by atoms with Crippen molar-refractivity contribution in [1.82, 2.24) is 0 Å². The van der Waals surface area contributed by atoms with Crippen molar-refractivity contribution in [3.8, 4) is 22.8 Å². The van der Waals surface area contributed by atoms with E-state index in [1.54, 1.807) is 49.6 Å². The Morgan fingerprint density at radius 3 is 2.47 bits per heavy atom. The number of rotatable bonds is 5. The summed E-state index contributed by atoms with van der Waals surface area (Å²) in [5, 5.41) is 10.1. The quantitative estimate of drug-likeness (QED) is 0.433. The number of Topliss-reactive ketones (excluding diaryl/α,β-unsaturated/α-hetero) is 1. The molecule has 1 aliphatic rings. The van der Waals surface area contributed by atoms with Gasteiger partial charge in [0.25, 0.3) is 0 Å². The average Bonchev–Trinajstić information content (AvgIpc) is 3.32. The first-order chi connectivity index (χ1) is 15.5. The minimum atomic E-state index is -1.01. The fourth-order valence-electron chi connectivity index (χ4n) is 3.89. The molecule has 0 bridgehead atoms. The predicted molar refractivity (Wildman–Crippen MR) is 119 cm³/mol. The van der Waals surface area contributed by atoms with Crippen molar-refractivity contribution in [2.24, 2.45) is 0 Å². The zero-order chi connectivity index (χ0) is 22.2. The molecule has 1 aromatic heterocycles. The van der Waals surface area contributed by atoms with E-state index in [1.165, 1.54) is 0 Å². The van der Waals surface area contributed by atoms with Crippen LogP contribution in [0.2, 0.25) is 0 Å². The Kier molecular flexibility index (Phi) is 4.75. The van der Waals surface area contributed by atoms with Crippen LogP contribution < -0.4 is 9.47 Å². The van der Waals surface area contributed by atoms with E-state index in [0.29, 0.717) is 44.9 Å². The Bertz CT molecular complexity index is 1380. The van der Waals surface area contributed by atoms with Gasteiger partial charge in [-0.05, 0) is 48.0 Å². The van der Waals surface area contributed by atoms with Gasteiger partial charge >= 0.3 is 5.97 Å². The molecule has 6 nitrogen and oxygen atoms in total. The van der Waals surface area contributed by atoms with E-state index in [4.69, 9.17) is 13.9 Å². The van der Waals surface area contributed by atoms with Crippen LogP contribution in [0.1, 0.15) is 21.5 Å². The third-order valence-electron chi connectivity index (χ3n) is 5.37. The Morgan fingerprint density at radius 2 is 1.78 bits per heavy atom. The molecular weight excluding hydrogens is 408 g/mol. The van der Waals surface area contributed by atoms with E-state index in [2.05, 4.69) is 0 Å². The first kappa shape index (κ1) is 19.6. The second-order valence-corrected chi connectivity index (χ2v) is 7.37. The highest BCUT2D eigenvalue weighted by molar-refractivity contribution is 6.18. The molecule has 0 spiro atoms. The molecule has 0 saturated heterocycles. The third kappa shape index (κ3) is 3.32. The van der Waals surface area contributed by atoms with Crippen molar-refractivity contribution in [3.63, 3.8) is 0 Å². The molecule has 0 aliphatic carbocycles. The number of furan rings is 1. The highest BCUT2D eigenvalue weighted by Crippen LogP contribution is 2.45. The lowest BCUT2D eigenvalue weighted by Gasteiger charge is -2.05. The van der Waals surface area contributed by atoms with Gasteiger partial charge in [0.05, 0.1) is 24.5 Å². The second kappa shape index (κ2) is 7.74. The normalized spacial score (nSPS) is 13.9. The summed E-state index contributed by atoms with van der Waals surface area (Å²) in [6.07, 6.45) is 1.40. The molecule has 2 heterocycles. The molecule has 1 aliphatic heterocycles. The second-order valence-electron chi connectivity index (χ2n) is 7.37. The molecule has 0 radical (unpaired) electrons. The number of ether oxygens (including phenoxy) is 2. The lowest BCUT2D eigenvalue weighted by molar-refractivity contribution is -0.136. The summed E-state index contributed by atoms with van der Waals surface area (Å²) in [5.74, 6) is 0.357. The van der Waals surface area contributed by atoms with Crippen LogP contribution in [0.25, 0.3) is 28.4 Å². The minimum Gasteiger partial charge on any atom is -0.497 e. The summed E-state index contributed by atoms with van der Waals surface area (Å²) in [5.41, 5.74) is 2.84. The van der Waals surface area contributed by atoms with Crippen LogP contribution in [-0.2, 0) is 11.2 Å². The number of carbonyl (C=O) groups excluding carboxylic acids is 1. The average molecular weight is 426 g/mol. The predicted octanol–water partition coefficient (Wildman–Crippen LogP) is 5.35. The van der Waals surface area contributed by atoms with Gasteiger partial charge < -0.3 is 19.0 Å². The number of hydrogen-bond acceptors (Lipinski definition) is 5. The standard InChI is InChI=1S/C26H18O6/c1-30-17-9-7-16(8-10-17)25-19(14-22(27)28)23-20(31-25)12-11-18-24(29)21(32-26(18)23)13-15-5-3-2-4-6-15/h2-13H,14H2,1H3,(H,27,28). The number of fused-ring (bicyclic) bond motifs is 3. The minimum absolute atomic E-state index is 0.187. The third-order valence-corrected chi connectivity index (χ3v) is 5.37. The summed E-state index contributed by atoms with van der Waals surface area (Å²) in [6.45, 7) is 0. The molecular formula is C26H18O6. The van der Waals surface area contributed by atoms with Gasteiger partial charge in [-0.1, -0.05) is 30.3 Å². The van der Waals surface area contributed by atoms with E-state index in [1.807, 2.05) is 30.3 Å². The fourth-order valence-corrected chi connectivity index (χ4v) is 3.89. The number of carbonyl (C=O) groups is 2. The van der Waals surface area contributed by atoms with E-state index >= 15 is 0 Å². The first-order valence-corrected chi connectivity index (χ1v) is 9.99. The number of methoxy groups -OCH3 is 1. The molecule has 0 unspecified atom stereocenters. The van der Waals surface area contributed by atoms with Gasteiger partial charge in [-0.2, -0.15) is 0 Å². The number of carboxylic acid groups (broad SMARTS) is 1. The summed E-state index contributed by atoms with van der Waals surface area (Å²) in [6, 6.07) is 19.9. The summed E-state index contributed by atoms with van der Waals surface area (Å²) in [7, 11) is 1.57. The Morgan fingerprint density at radius 1 is 1.03 bits per heavy atom. The lowest BCUT2D eigenvalue weighted by Crippen LogP contribution is -2.01. The highest BCUT2D eigenvalue weighted by atomic mass is 16.5. The van der Waals surface area contributed by atoms with Gasteiger partial charge in [-0.15, -0.1) is 0 Å². The van der Waals surface area contributed by atoms with Gasteiger partial charge in [-0.3, -0.25) is 9.59 Å². The maximum Gasteiger partial charge on any atom is 0.307 e. The van der Waals surface area contributed by atoms with Crippen LogP contribution in [0, 0.1) is 0 Å². The van der Waals surface area contributed by atoms with E-state index in [-0.39, 0.29) is 18.0 Å². The van der Waals surface area contributed by atoms with Crippen LogP contribution in [0.3, 0.4) is 0 Å². The maximum atomic E-state index is 13.0. The molecule has 4 aromatic rings. The van der Waals surface area contributed by atoms with Gasteiger partial charge in [0.1, 0.15) is 22.8 Å². The van der Waals surface area contributed by atoms with Crippen molar-refractivity contribution >= 4 is 28.8 Å². The molecule has 5 rings (SSSR count). The van der Waals surface area contributed by atoms with Crippen LogP contribution in [-0.4, -0.2) is 24.0 Å². The van der Waals surface area contributed by atoms with Crippen molar-refractivity contribution in [2.45, 2.75) is 6.42 Å². The fraction of sp³-hybridized carbons (Fsp3) is 0.0769. The molecule has 0 amide bonds. The van der Waals surface area contributed by atoms with Crippen molar-refractivity contribution in [3.05, 3.63) is 89.2 Å². The zero-order valence-corrected chi connectivity index (χ0v) is 17.1. The summed E-state index contributed by atoms with van der Waals surface area (Å²) in [4.78, 5) is 24.7. The molecule has 32 heavy (non-hydrogen) atoms. The van der Waals surface area contributed by atoms with E-state index in [9.17, 15) is 14.7 Å². The number of hydrogen-bond donors (Lipinski definition) is 1. The number of allylic oxidation sites excluding steroid dienone is 1. The molecule has 0 fully saturated rings. The van der Waals surface area contributed by atoms with Crippen LogP contribution in [0.15, 0.2) is 76.9 Å². The number of ketones is 1.